The van der Waals surface area contributed by atoms with Crippen molar-refractivity contribution in [2.75, 3.05) is 7.11 Å². The molecule has 4 heteroatoms. The van der Waals surface area contributed by atoms with Gasteiger partial charge in [0, 0.05) is 6.07 Å². The summed E-state index contributed by atoms with van der Waals surface area (Å²) in [6.07, 6.45) is 4.93. The Morgan fingerprint density at radius 2 is 1.50 bits per heavy atom. The van der Waals surface area contributed by atoms with E-state index in [4.69, 9.17) is 14.2 Å². The number of hydrogen-bond acceptors (Lipinski definition) is 4. The minimum Gasteiger partial charge on any atom is -0.490 e. The predicted octanol–water partition coefficient (Wildman–Crippen LogP) is 2.56. The third-order valence-corrected chi connectivity index (χ3v) is 2.96. The van der Waals surface area contributed by atoms with Crippen LogP contribution in [0.4, 0.5) is 0 Å². The van der Waals surface area contributed by atoms with Crippen LogP contribution in [0.5, 0.6) is 11.5 Å². The molecule has 0 radical (unpaired) electrons. The fourth-order valence-corrected chi connectivity index (χ4v) is 1.70. The van der Waals surface area contributed by atoms with Crippen LogP contribution < -0.4 is 9.47 Å². The van der Waals surface area contributed by atoms with Gasteiger partial charge < -0.3 is 14.2 Å². The zero-order valence-electron chi connectivity index (χ0n) is 10.3. The zero-order chi connectivity index (χ0) is 12.5. The fraction of sp³-hybridized carbons (Fsp3) is 0.500. The number of carbonyl (C=O) groups excluding carboxylic acids is 1. The summed E-state index contributed by atoms with van der Waals surface area (Å²) in [6, 6.07) is 5.27. The van der Waals surface area contributed by atoms with Crippen molar-refractivity contribution in [3.8, 4) is 11.5 Å². The van der Waals surface area contributed by atoms with Crippen LogP contribution in [-0.4, -0.2) is 25.3 Å². The van der Waals surface area contributed by atoms with Gasteiger partial charge in [0.05, 0.1) is 24.9 Å². The number of esters is 1. The van der Waals surface area contributed by atoms with Gasteiger partial charge in [-0.15, -0.1) is 0 Å². The van der Waals surface area contributed by atoms with E-state index in [0.717, 1.165) is 25.7 Å². The molecular weight excluding hydrogens is 232 g/mol. The Labute approximate surface area is 106 Å². The van der Waals surface area contributed by atoms with Crippen molar-refractivity contribution in [1.82, 2.24) is 0 Å². The summed E-state index contributed by atoms with van der Waals surface area (Å²) < 4.78 is 16.2. The molecule has 4 nitrogen and oxygen atoms in total. The molecule has 0 atom stereocenters. The molecule has 0 unspecified atom stereocenters. The summed E-state index contributed by atoms with van der Waals surface area (Å²) >= 11 is 0. The predicted molar refractivity (Wildman–Crippen MR) is 65.1 cm³/mol. The van der Waals surface area contributed by atoms with Crippen LogP contribution in [0.25, 0.3) is 0 Å². The molecule has 1 aromatic carbocycles. The Kier molecular flexibility index (Phi) is 2.86. The van der Waals surface area contributed by atoms with E-state index < -0.39 is 0 Å². The van der Waals surface area contributed by atoms with Crippen molar-refractivity contribution in [3.05, 3.63) is 23.8 Å². The van der Waals surface area contributed by atoms with E-state index in [0.29, 0.717) is 29.3 Å². The molecule has 2 saturated carbocycles. The number of carbonyl (C=O) groups is 1. The minimum atomic E-state index is -0.364. The topological polar surface area (TPSA) is 44.8 Å². The smallest absolute Gasteiger partial charge is 0.338 e. The molecule has 0 heterocycles. The summed E-state index contributed by atoms with van der Waals surface area (Å²) in [5.74, 6) is 1.02. The summed E-state index contributed by atoms with van der Waals surface area (Å²) in [6.45, 7) is 0. The second-order valence-corrected chi connectivity index (χ2v) is 4.82. The largest absolute Gasteiger partial charge is 0.490 e. The van der Waals surface area contributed by atoms with Gasteiger partial charge in [0.25, 0.3) is 0 Å². The monoisotopic (exact) mass is 248 g/mol. The van der Waals surface area contributed by atoms with E-state index in [-0.39, 0.29) is 5.97 Å². The maximum atomic E-state index is 11.6. The first kappa shape index (κ1) is 11.4. The van der Waals surface area contributed by atoms with Crippen molar-refractivity contribution in [1.29, 1.82) is 0 Å². The molecule has 0 amide bonds. The van der Waals surface area contributed by atoms with Crippen molar-refractivity contribution in [2.45, 2.75) is 37.9 Å². The lowest BCUT2D eigenvalue weighted by molar-refractivity contribution is 0.0599. The van der Waals surface area contributed by atoms with Crippen molar-refractivity contribution < 1.29 is 19.0 Å². The van der Waals surface area contributed by atoms with Crippen molar-refractivity contribution >= 4 is 5.97 Å². The maximum Gasteiger partial charge on any atom is 0.338 e. The van der Waals surface area contributed by atoms with E-state index in [1.807, 2.05) is 6.07 Å². The van der Waals surface area contributed by atoms with Gasteiger partial charge in [0.1, 0.15) is 11.5 Å². The van der Waals surface area contributed by atoms with E-state index in [9.17, 15) is 4.79 Å². The van der Waals surface area contributed by atoms with Crippen LogP contribution in [0.1, 0.15) is 36.0 Å². The Bertz CT molecular complexity index is 429. The number of hydrogen-bond donors (Lipinski definition) is 0. The van der Waals surface area contributed by atoms with Crippen molar-refractivity contribution in [3.63, 3.8) is 0 Å². The molecule has 0 bridgehead atoms. The summed E-state index contributed by atoms with van der Waals surface area (Å²) in [7, 11) is 1.37. The van der Waals surface area contributed by atoms with E-state index >= 15 is 0 Å². The molecule has 0 aliphatic heterocycles. The normalized spacial score (nSPS) is 18.3. The second kappa shape index (κ2) is 4.52. The molecular formula is C14H16O4. The van der Waals surface area contributed by atoms with Crippen LogP contribution in [0, 0.1) is 0 Å². The summed E-state index contributed by atoms with van der Waals surface area (Å²) in [4.78, 5) is 11.6. The van der Waals surface area contributed by atoms with Gasteiger partial charge in [-0.25, -0.2) is 4.79 Å². The van der Waals surface area contributed by atoms with Crippen LogP contribution >= 0.6 is 0 Å². The average molecular weight is 248 g/mol. The Hall–Kier alpha value is -1.71. The molecule has 18 heavy (non-hydrogen) atoms. The lowest BCUT2D eigenvalue weighted by atomic mass is 10.2. The summed E-state index contributed by atoms with van der Waals surface area (Å²) in [5.41, 5.74) is 0.478. The molecule has 3 rings (SSSR count). The van der Waals surface area contributed by atoms with Crippen LogP contribution in [0.3, 0.4) is 0 Å². The third kappa shape index (κ3) is 2.75. The average Bonchev–Trinajstić information content (AvgIpc) is 3.24. The molecule has 2 aliphatic carbocycles. The van der Waals surface area contributed by atoms with Crippen LogP contribution in [-0.2, 0) is 4.74 Å². The molecule has 1 aromatic rings. The Morgan fingerprint density at radius 1 is 1.00 bits per heavy atom. The van der Waals surface area contributed by atoms with E-state index in [1.165, 1.54) is 7.11 Å². The molecule has 0 N–H and O–H groups in total. The molecule has 2 fully saturated rings. The lowest BCUT2D eigenvalue weighted by Gasteiger charge is -2.10. The Balaban J connectivity index is 1.83. The molecule has 96 valence electrons. The number of rotatable bonds is 5. The minimum absolute atomic E-state index is 0.298. The quantitative estimate of drug-likeness (QED) is 0.751. The van der Waals surface area contributed by atoms with Gasteiger partial charge in [-0.3, -0.25) is 0 Å². The first-order valence-electron chi connectivity index (χ1n) is 6.31. The molecule has 0 spiro atoms. The third-order valence-electron chi connectivity index (χ3n) is 2.96. The van der Waals surface area contributed by atoms with Gasteiger partial charge in [0.15, 0.2) is 0 Å². The highest BCUT2D eigenvalue weighted by molar-refractivity contribution is 5.90. The number of benzene rings is 1. The molecule has 2 aliphatic rings. The zero-order valence-corrected chi connectivity index (χ0v) is 10.3. The Morgan fingerprint density at radius 3 is 1.89 bits per heavy atom. The second-order valence-electron chi connectivity index (χ2n) is 4.82. The lowest BCUT2D eigenvalue weighted by Crippen LogP contribution is -2.05. The first-order valence-corrected chi connectivity index (χ1v) is 6.31. The van der Waals surface area contributed by atoms with Gasteiger partial charge >= 0.3 is 5.97 Å². The molecule has 0 saturated heterocycles. The molecule has 0 aromatic heterocycles. The standard InChI is InChI=1S/C14H16O4/c1-16-14(15)9-6-12(17-10-2-3-10)8-13(7-9)18-11-4-5-11/h6-8,10-11H,2-5H2,1H3. The van der Waals surface area contributed by atoms with E-state index in [1.54, 1.807) is 12.1 Å². The van der Waals surface area contributed by atoms with E-state index in [2.05, 4.69) is 0 Å². The summed E-state index contributed by atoms with van der Waals surface area (Å²) in [5, 5.41) is 0. The van der Waals surface area contributed by atoms with Gasteiger partial charge in [-0.05, 0) is 37.8 Å². The van der Waals surface area contributed by atoms with Crippen LogP contribution in [0.2, 0.25) is 0 Å². The van der Waals surface area contributed by atoms with Crippen molar-refractivity contribution in [2.24, 2.45) is 0 Å². The fourth-order valence-electron chi connectivity index (χ4n) is 1.70. The maximum absolute atomic E-state index is 11.6. The highest BCUT2D eigenvalue weighted by atomic mass is 16.5. The first-order chi connectivity index (χ1) is 8.74. The SMILES string of the molecule is COC(=O)c1cc(OC2CC2)cc(OC2CC2)c1. The van der Waals surface area contributed by atoms with Crippen LogP contribution in [0.15, 0.2) is 18.2 Å². The van der Waals surface area contributed by atoms with Gasteiger partial charge in [-0.1, -0.05) is 0 Å². The van der Waals surface area contributed by atoms with Gasteiger partial charge in [-0.2, -0.15) is 0 Å². The van der Waals surface area contributed by atoms with Gasteiger partial charge in [0.2, 0.25) is 0 Å². The highest BCUT2D eigenvalue weighted by Crippen LogP contribution is 2.33. The number of methoxy groups -OCH3 is 1. The highest BCUT2D eigenvalue weighted by Gasteiger charge is 2.26. The number of ether oxygens (including phenoxy) is 3.